The average Bonchev–Trinajstić information content (AvgIpc) is 2.57. The molecule has 0 fully saturated rings. The smallest absolute Gasteiger partial charge is 0.337 e. The molecule has 0 spiro atoms. The highest BCUT2D eigenvalue weighted by Gasteiger charge is 2.11. The summed E-state index contributed by atoms with van der Waals surface area (Å²) < 4.78 is 4.69. The Morgan fingerprint density at radius 2 is 1.83 bits per heavy atom. The quantitative estimate of drug-likeness (QED) is 0.783. The van der Waals surface area contributed by atoms with E-state index in [4.69, 9.17) is 23.2 Å². The number of methoxy groups -OCH3 is 1. The van der Waals surface area contributed by atoms with Crippen LogP contribution in [0.5, 0.6) is 0 Å². The molecule has 4 nitrogen and oxygen atoms in total. The normalized spacial score (nSPS) is 10.3. The van der Waals surface area contributed by atoms with Gasteiger partial charge in [-0.1, -0.05) is 35.3 Å². The molecular formula is C18H17Cl2NO3. The number of amides is 1. The Morgan fingerprint density at radius 1 is 1.08 bits per heavy atom. The lowest BCUT2D eigenvalue weighted by molar-refractivity contribution is -0.116. The van der Waals surface area contributed by atoms with Crippen molar-refractivity contribution < 1.29 is 14.3 Å². The number of nitrogens with one attached hydrogen (secondary N) is 1. The molecule has 0 bridgehead atoms. The van der Waals surface area contributed by atoms with Crippen molar-refractivity contribution in [1.29, 1.82) is 0 Å². The van der Waals surface area contributed by atoms with Gasteiger partial charge in [-0.05, 0) is 48.7 Å². The van der Waals surface area contributed by atoms with E-state index in [0.29, 0.717) is 34.1 Å². The Labute approximate surface area is 150 Å². The van der Waals surface area contributed by atoms with Gasteiger partial charge in [-0.15, -0.1) is 0 Å². The van der Waals surface area contributed by atoms with Crippen molar-refractivity contribution in [2.75, 3.05) is 12.4 Å². The predicted molar refractivity (Wildman–Crippen MR) is 95.9 cm³/mol. The molecule has 2 aromatic rings. The lowest BCUT2D eigenvalue weighted by Gasteiger charge is -2.10. The zero-order valence-electron chi connectivity index (χ0n) is 13.4. The van der Waals surface area contributed by atoms with Gasteiger partial charge in [0.2, 0.25) is 5.91 Å². The Hall–Kier alpha value is -2.04. The number of hydrogen-bond donors (Lipinski definition) is 1. The first-order valence-corrected chi connectivity index (χ1v) is 8.09. The van der Waals surface area contributed by atoms with E-state index < -0.39 is 5.97 Å². The van der Waals surface area contributed by atoms with E-state index in [9.17, 15) is 9.59 Å². The molecule has 24 heavy (non-hydrogen) atoms. The van der Waals surface area contributed by atoms with Crippen molar-refractivity contribution in [3.05, 3.63) is 63.1 Å². The number of rotatable bonds is 5. The van der Waals surface area contributed by atoms with Crippen LogP contribution < -0.4 is 5.32 Å². The molecule has 0 saturated carbocycles. The molecule has 0 unspecified atom stereocenters. The van der Waals surface area contributed by atoms with E-state index >= 15 is 0 Å². The van der Waals surface area contributed by atoms with Crippen LogP contribution in [-0.4, -0.2) is 19.0 Å². The number of ether oxygens (including phenoxy) is 1. The fourth-order valence-electron chi connectivity index (χ4n) is 2.17. The van der Waals surface area contributed by atoms with Crippen molar-refractivity contribution in [2.45, 2.75) is 19.8 Å². The molecule has 0 aromatic heterocycles. The van der Waals surface area contributed by atoms with Crippen molar-refractivity contribution in [3.8, 4) is 0 Å². The van der Waals surface area contributed by atoms with Crippen LogP contribution >= 0.6 is 23.2 Å². The topological polar surface area (TPSA) is 55.4 Å². The number of aryl methyl sites for hydroxylation is 2. The SMILES string of the molecule is COC(=O)c1ccc(C)c(NC(=O)CCc2ccc(Cl)c(Cl)c2)c1. The molecule has 126 valence electrons. The molecule has 0 radical (unpaired) electrons. The van der Waals surface area contributed by atoms with Gasteiger partial charge >= 0.3 is 5.97 Å². The van der Waals surface area contributed by atoms with Gasteiger partial charge in [-0.3, -0.25) is 4.79 Å². The lowest BCUT2D eigenvalue weighted by Crippen LogP contribution is -2.14. The Morgan fingerprint density at radius 3 is 2.50 bits per heavy atom. The molecule has 1 amide bonds. The summed E-state index contributed by atoms with van der Waals surface area (Å²) in [5.74, 6) is -0.590. The molecule has 0 heterocycles. The highest BCUT2D eigenvalue weighted by atomic mass is 35.5. The maximum absolute atomic E-state index is 12.2. The summed E-state index contributed by atoms with van der Waals surface area (Å²) in [5, 5.41) is 3.77. The van der Waals surface area contributed by atoms with Crippen LogP contribution in [0.25, 0.3) is 0 Å². The summed E-state index contributed by atoms with van der Waals surface area (Å²) in [6.45, 7) is 1.86. The van der Waals surface area contributed by atoms with Gasteiger partial charge in [0.25, 0.3) is 0 Å². The monoisotopic (exact) mass is 365 g/mol. The number of anilines is 1. The van der Waals surface area contributed by atoms with Crippen molar-refractivity contribution >= 4 is 40.8 Å². The van der Waals surface area contributed by atoms with E-state index in [1.165, 1.54) is 7.11 Å². The molecule has 1 N–H and O–H groups in total. The fraction of sp³-hybridized carbons (Fsp3) is 0.222. The summed E-state index contributed by atoms with van der Waals surface area (Å²) in [6.07, 6.45) is 0.832. The minimum Gasteiger partial charge on any atom is -0.465 e. The zero-order chi connectivity index (χ0) is 17.7. The van der Waals surface area contributed by atoms with E-state index in [1.807, 2.05) is 13.0 Å². The van der Waals surface area contributed by atoms with E-state index in [-0.39, 0.29) is 5.91 Å². The molecule has 6 heteroatoms. The maximum Gasteiger partial charge on any atom is 0.337 e. The molecule has 2 aromatic carbocycles. The molecule has 0 aliphatic carbocycles. The van der Waals surface area contributed by atoms with Crippen molar-refractivity contribution in [3.63, 3.8) is 0 Å². The first-order valence-electron chi connectivity index (χ1n) is 7.33. The van der Waals surface area contributed by atoms with Crippen LogP contribution in [0.1, 0.15) is 27.9 Å². The third-order valence-electron chi connectivity index (χ3n) is 3.56. The largest absolute Gasteiger partial charge is 0.465 e. The van der Waals surface area contributed by atoms with Crippen molar-refractivity contribution in [1.82, 2.24) is 0 Å². The summed E-state index contributed by atoms with van der Waals surface area (Å²) in [5.41, 5.74) is 2.78. The predicted octanol–water partition coefficient (Wildman–Crippen LogP) is 4.66. The fourth-order valence-corrected chi connectivity index (χ4v) is 2.49. The maximum atomic E-state index is 12.2. The summed E-state index contributed by atoms with van der Waals surface area (Å²) >= 11 is 11.8. The van der Waals surface area contributed by atoms with Crippen molar-refractivity contribution in [2.24, 2.45) is 0 Å². The second-order valence-electron chi connectivity index (χ2n) is 5.32. The average molecular weight is 366 g/mol. The number of halogens is 2. The number of hydrogen-bond acceptors (Lipinski definition) is 3. The van der Waals surface area contributed by atoms with Gasteiger partial charge in [0.1, 0.15) is 0 Å². The summed E-state index contributed by atoms with van der Waals surface area (Å²) in [4.78, 5) is 23.7. The second kappa shape index (κ2) is 8.18. The molecule has 0 aliphatic rings. The first-order chi connectivity index (χ1) is 11.4. The number of carbonyl (C=O) groups is 2. The van der Waals surface area contributed by atoms with Crippen LogP contribution in [0.2, 0.25) is 10.0 Å². The van der Waals surface area contributed by atoms with E-state index in [2.05, 4.69) is 10.1 Å². The third-order valence-corrected chi connectivity index (χ3v) is 4.30. The number of carbonyl (C=O) groups excluding carboxylic acids is 2. The highest BCUT2D eigenvalue weighted by molar-refractivity contribution is 6.42. The molecule has 0 aliphatic heterocycles. The van der Waals surface area contributed by atoms with Gasteiger partial charge in [0.15, 0.2) is 0 Å². The van der Waals surface area contributed by atoms with E-state index in [1.54, 1.807) is 30.3 Å². The van der Waals surface area contributed by atoms with Crippen LogP contribution in [0.15, 0.2) is 36.4 Å². The van der Waals surface area contributed by atoms with E-state index in [0.717, 1.165) is 11.1 Å². The number of esters is 1. The lowest BCUT2D eigenvalue weighted by atomic mass is 10.1. The Balaban J connectivity index is 2.01. The Bertz CT molecular complexity index is 775. The standard InChI is InChI=1S/C18H17Cl2NO3/c1-11-3-6-13(18(23)24-2)10-16(11)21-17(22)8-5-12-4-7-14(19)15(20)9-12/h3-4,6-7,9-10H,5,8H2,1-2H3,(H,21,22). The highest BCUT2D eigenvalue weighted by Crippen LogP contribution is 2.23. The minimum absolute atomic E-state index is 0.147. The minimum atomic E-state index is -0.443. The van der Waals surface area contributed by atoms with Gasteiger partial charge in [-0.2, -0.15) is 0 Å². The van der Waals surface area contributed by atoms with Gasteiger partial charge in [0.05, 0.1) is 22.7 Å². The molecule has 0 atom stereocenters. The van der Waals surface area contributed by atoms with Crippen LogP contribution in [0, 0.1) is 6.92 Å². The third kappa shape index (κ3) is 4.73. The van der Waals surface area contributed by atoms with Crippen LogP contribution in [0.3, 0.4) is 0 Å². The van der Waals surface area contributed by atoms with Gasteiger partial charge in [-0.25, -0.2) is 4.79 Å². The first kappa shape index (κ1) is 18.3. The summed E-state index contributed by atoms with van der Waals surface area (Å²) in [7, 11) is 1.32. The molecular weight excluding hydrogens is 349 g/mol. The van der Waals surface area contributed by atoms with Gasteiger partial charge < -0.3 is 10.1 Å². The second-order valence-corrected chi connectivity index (χ2v) is 6.13. The summed E-state index contributed by atoms with van der Waals surface area (Å²) in [6, 6.07) is 10.3. The van der Waals surface area contributed by atoms with Crippen LogP contribution in [0.4, 0.5) is 5.69 Å². The zero-order valence-corrected chi connectivity index (χ0v) is 14.9. The number of benzene rings is 2. The van der Waals surface area contributed by atoms with Gasteiger partial charge in [0, 0.05) is 12.1 Å². The Kier molecular flexibility index (Phi) is 6.23. The molecule has 2 rings (SSSR count). The molecule has 0 saturated heterocycles. The van der Waals surface area contributed by atoms with Crippen LogP contribution in [-0.2, 0) is 16.0 Å².